The molecule has 23 heavy (non-hydrogen) atoms. The molecule has 0 spiro atoms. The lowest BCUT2D eigenvalue weighted by atomic mass is 10.0. The summed E-state index contributed by atoms with van der Waals surface area (Å²) < 4.78 is 0. The van der Waals surface area contributed by atoms with Gasteiger partial charge in [-0.05, 0) is 32.3 Å². The molecule has 0 heteroatoms. The monoisotopic (exact) mass is 316 g/mol. The molecule has 0 aromatic heterocycles. The van der Waals surface area contributed by atoms with Gasteiger partial charge < -0.3 is 0 Å². The van der Waals surface area contributed by atoms with E-state index in [0.29, 0.717) is 0 Å². The van der Waals surface area contributed by atoms with Crippen LogP contribution in [-0.2, 0) is 6.42 Å². The molecular weight excluding hydrogens is 276 g/mol. The standard InChI is InChI=1S/C23H40/c1-4-5-6-7-8-9-10-11-12-13-14-15-16-17-23-19-21(2)18-22(3)20-23/h18-20H,4-17H2,1-3H3. The lowest BCUT2D eigenvalue weighted by molar-refractivity contribution is 0.539. The van der Waals surface area contributed by atoms with Gasteiger partial charge in [-0.3, -0.25) is 0 Å². The third-order valence-electron chi connectivity index (χ3n) is 4.85. The van der Waals surface area contributed by atoms with E-state index in [4.69, 9.17) is 0 Å². The summed E-state index contributed by atoms with van der Waals surface area (Å²) in [4.78, 5) is 0. The molecule has 0 atom stereocenters. The van der Waals surface area contributed by atoms with E-state index >= 15 is 0 Å². The molecular formula is C23H40. The summed E-state index contributed by atoms with van der Waals surface area (Å²) in [6.45, 7) is 6.71. The molecule has 1 aromatic carbocycles. The molecule has 0 N–H and O–H groups in total. The van der Waals surface area contributed by atoms with Crippen molar-refractivity contribution in [3.05, 3.63) is 34.9 Å². The maximum Gasteiger partial charge on any atom is -0.0279 e. The van der Waals surface area contributed by atoms with Gasteiger partial charge in [0.05, 0.1) is 0 Å². The largest absolute Gasteiger partial charge is 0.0654 e. The minimum absolute atomic E-state index is 1.26. The molecule has 0 aliphatic rings. The number of rotatable bonds is 14. The van der Waals surface area contributed by atoms with Crippen LogP contribution in [0.1, 0.15) is 107 Å². The van der Waals surface area contributed by atoms with Gasteiger partial charge >= 0.3 is 0 Å². The van der Waals surface area contributed by atoms with Gasteiger partial charge in [0.1, 0.15) is 0 Å². The number of benzene rings is 1. The second-order valence-electron chi connectivity index (χ2n) is 7.49. The summed E-state index contributed by atoms with van der Waals surface area (Å²) in [5, 5.41) is 0. The van der Waals surface area contributed by atoms with Gasteiger partial charge in [0, 0.05) is 0 Å². The minimum atomic E-state index is 1.26. The fraction of sp³-hybridized carbons (Fsp3) is 0.739. The summed E-state index contributed by atoms with van der Waals surface area (Å²) >= 11 is 0. The smallest absolute Gasteiger partial charge is 0.0279 e. The molecule has 0 amide bonds. The Hall–Kier alpha value is -0.780. The van der Waals surface area contributed by atoms with Crippen LogP contribution >= 0.6 is 0 Å². The Morgan fingerprint density at radius 2 is 0.913 bits per heavy atom. The fourth-order valence-corrected chi connectivity index (χ4v) is 3.56. The van der Waals surface area contributed by atoms with Crippen LogP contribution in [0.4, 0.5) is 0 Å². The van der Waals surface area contributed by atoms with E-state index < -0.39 is 0 Å². The van der Waals surface area contributed by atoms with Gasteiger partial charge in [-0.25, -0.2) is 0 Å². The zero-order valence-corrected chi connectivity index (χ0v) is 16.1. The first-order valence-corrected chi connectivity index (χ1v) is 10.3. The van der Waals surface area contributed by atoms with E-state index in [-0.39, 0.29) is 0 Å². The Balaban J connectivity index is 1.86. The Morgan fingerprint density at radius 1 is 0.522 bits per heavy atom. The molecule has 0 bridgehead atoms. The molecule has 0 saturated heterocycles. The second kappa shape index (κ2) is 13.6. The van der Waals surface area contributed by atoms with E-state index in [9.17, 15) is 0 Å². The summed E-state index contributed by atoms with van der Waals surface area (Å²) in [5.41, 5.74) is 4.36. The molecule has 1 aromatic rings. The third-order valence-corrected chi connectivity index (χ3v) is 4.85. The van der Waals surface area contributed by atoms with Crippen molar-refractivity contribution in [3.63, 3.8) is 0 Å². The van der Waals surface area contributed by atoms with Gasteiger partial charge in [-0.15, -0.1) is 0 Å². The van der Waals surface area contributed by atoms with Crippen LogP contribution in [0.25, 0.3) is 0 Å². The second-order valence-corrected chi connectivity index (χ2v) is 7.49. The third kappa shape index (κ3) is 11.4. The van der Waals surface area contributed by atoms with Gasteiger partial charge in [-0.2, -0.15) is 0 Å². The van der Waals surface area contributed by atoms with Gasteiger partial charge in [0.15, 0.2) is 0 Å². The molecule has 0 saturated carbocycles. The molecule has 0 aliphatic carbocycles. The van der Waals surface area contributed by atoms with Crippen molar-refractivity contribution in [2.45, 2.75) is 111 Å². The molecule has 0 radical (unpaired) electrons. The van der Waals surface area contributed by atoms with E-state index in [2.05, 4.69) is 39.0 Å². The highest BCUT2D eigenvalue weighted by Crippen LogP contribution is 2.15. The summed E-state index contributed by atoms with van der Waals surface area (Å²) in [6.07, 6.45) is 20.0. The Bertz CT molecular complexity index is 371. The Kier molecular flexibility index (Phi) is 12.0. The quantitative estimate of drug-likeness (QED) is 0.306. The summed E-state index contributed by atoms with van der Waals surface area (Å²) in [6, 6.07) is 6.98. The Labute approximate surface area is 146 Å². The van der Waals surface area contributed by atoms with Crippen molar-refractivity contribution in [3.8, 4) is 0 Å². The van der Waals surface area contributed by atoms with Crippen molar-refractivity contribution < 1.29 is 0 Å². The predicted molar refractivity (Wildman–Crippen MR) is 105 cm³/mol. The number of hydrogen-bond donors (Lipinski definition) is 0. The average Bonchev–Trinajstić information content (AvgIpc) is 2.51. The highest BCUT2D eigenvalue weighted by Gasteiger charge is 1.97. The lowest BCUT2D eigenvalue weighted by Crippen LogP contribution is -1.89. The number of hydrogen-bond acceptors (Lipinski definition) is 0. The van der Waals surface area contributed by atoms with Gasteiger partial charge in [-0.1, -0.05) is 113 Å². The maximum absolute atomic E-state index is 2.35. The Morgan fingerprint density at radius 3 is 1.35 bits per heavy atom. The maximum atomic E-state index is 2.35. The molecule has 132 valence electrons. The van der Waals surface area contributed by atoms with E-state index in [1.165, 1.54) is 107 Å². The fourth-order valence-electron chi connectivity index (χ4n) is 3.56. The van der Waals surface area contributed by atoms with Crippen LogP contribution in [0.15, 0.2) is 18.2 Å². The van der Waals surface area contributed by atoms with Crippen molar-refractivity contribution in [2.75, 3.05) is 0 Å². The normalized spacial score (nSPS) is 11.1. The van der Waals surface area contributed by atoms with Crippen LogP contribution in [0.2, 0.25) is 0 Å². The van der Waals surface area contributed by atoms with Crippen molar-refractivity contribution >= 4 is 0 Å². The minimum Gasteiger partial charge on any atom is -0.0654 e. The van der Waals surface area contributed by atoms with E-state index in [1.54, 1.807) is 0 Å². The molecule has 1 rings (SSSR count). The first-order valence-electron chi connectivity index (χ1n) is 10.3. The van der Waals surface area contributed by atoms with Crippen molar-refractivity contribution in [1.29, 1.82) is 0 Å². The van der Waals surface area contributed by atoms with Crippen LogP contribution < -0.4 is 0 Å². The average molecular weight is 317 g/mol. The van der Waals surface area contributed by atoms with Crippen LogP contribution in [0.3, 0.4) is 0 Å². The van der Waals surface area contributed by atoms with Crippen LogP contribution in [0, 0.1) is 13.8 Å². The van der Waals surface area contributed by atoms with Crippen LogP contribution in [0.5, 0.6) is 0 Å². The zero-order valence-electron chi connectivity index (χ0n) is 16.1. The summed E-state index contributed by atoms with van der Waals surface area (Å²) in [7, 11) is 0. The van der Waals surface area contributed by atoms with Gasteiger partial charge in [0.25, 0.3) is 0 Å². The lowest BCUT2D eigenvalue weighted by Gasteiger charge is -2.05. The number of unbranched alkanes of at least 4 members (excludes halogenated alkanes) is 12. The zero-order chi connectivity index (χ0) is 16.8. The van der Waals surface area contributed by atoms with E-state index in [1.807, 2.05) is 0 Å². The van der Waals surface area contributed by atoms with Crippen molar-refractivity contribution in [1.82, 2.24) is 0 Å². The van der Waals surface area contributed by atoms with Gasteiger partial charge in [0.2, 0.25) is 0 Å². The molecule has 0 heterocycles. The summed E-state index contributed by atoms with van der Waals surface area (Å²) in [5.74, 6) is 0. The highest BCUT2D eigenvalue weighted by atomic mass is 14.0. The van der Waals surface area contributed by atoms with Crippen LogP contribution in [-0.4, -0.2) is 0 Å². The first kappa shape index (κ1) is 20.3. The topological polar surface area (TPSA) is 0 Å². The molecule has 0 nitrogen and oxygen atoms in total. The highest BCUT2D eigenvalue weighted by molar-refractivity contribution is 5.28. The predicted octanol–water partition coefficient (Wildman–Crippen LogP) is 7.94. The van der Waals surface area contributed by atoms with Crippen molar-refractivity contribution in [2.24, 2.45) is 0 Å². The number of aryl methyl sites for hydroxylation is 3. The van der Waals surface area contributed by atoms with E-state index in [0.717, 1.165) is 0 Å². The molecule has 0 fully saturated rings. The molecule has 0 aliphatic heterocycles. The first-order chi connectivity index (χ1) is 11.2. The SMILES string of the molecule is CCCCCCCCCCCCCCCc1cc(C)cc(C)c1. The molecule has 0 unspecified atom stereocenters.